The van der Waals surface area contributed by atoms with Crippen LogP contribution in [-0.2, 0) is 9.53 Å². The molecule has 1 fully saturated rings. The van der Waals surface area contributed by atoms with Crippen molar-refractivity contribution in [3.05, 3.63) is 29.6 Å². The minimum absolute atomic E-state index is 0.0904. The molecule has 6 nitrogen and oxygen atoms in total. The van der Waals surface area contributed by atoms with Crippen LogP contribution in [0.1, 0.15) is 37.6 Å². The second kappa shape index (κ2) is 6.72. The van der Waals surface area contributed by atoms with E-state index in [2.05, 4.69) is 5.32 Å². The molecule has 0 aromatic heterocycles. The number of amides is 2. The van der Waals surface area contributed by atoms with Gasteiger partial charge in [0.25, 0.3) is 5.91 Å². The van der Waals surface area contributed by atoms with Gasteiger partial charge in [-0.1, -0.05) is 13.8 Å². The quantitative estimate of drug-likeness (QED) is 0.850. The maximum atomic E-state index is 13.9. The Balaban J connectivity index is 2.19. The highest BCUT2D eigenvalue weighted by molar-refractivity contribution is 6.01. The van der Waals surface area contributed by atoms with Gasteiger partial charge in [0.15, 0.2) is 0 Å². The molecule has 1 saturated carbocycles. The molecular weight excluding hydrogens is 325 g/mol. The topological polar surface area (TPSA) is 84.7 Å². The molecule has 1 aromatic carbocycles. The third kappa shape index (κ3) is 3.26. The Bertz CT molecular complexity index is 690. The molecule has 2 rings (SSSR count). The van der Waals surface area contributed by atoms with Gasteiger partial charge < -0.3 is 20.7 Å². The molecule has 138 valence electrons. The van der Waals surface area contributed by atoms with E-state index in [1.165, 1.54) is 31.1 Å². The Morgan fingerprint density at radius 3 is 2.56 bits per heavy atom. The summed E-state index contributed by atoms with van der Waals surface area (Å²) in [4.78, 5) is 26.0. The van der Waals surface area contributed by atoms with Crippen molar-refractivity contribution in [3.8, 4) is 0 Å². The van der Waals surface area contributed by atoms with Crippen molar-refractivity contribution in [1.29, 1.82) is 0 Å². The molecule has 7 heteroatoms. The number of ether oxygens (including phenoxy) is 1. The Labute approximate surface area is 147 Å². The molecule has 2 atom stereocenters. The van der Waals surface area contributed by atoms with Crippen LogP contribution in [0.4, 0.5) is 10.1 Å². The van der Waals surface area contributed by atoms with Crippen LogP contribution in [0, 0.1) is 11.2 Å². The van der Waals surface area contributed by atoms with Gasteiger partial charge in [0.05, 0.1) is 11.7 Å². The highest BCUT2D eigenvalue weighted by atomic mass is 19.1. The first-order valence-corrected chi connectivity index (χ1v) is 8.27. The minimum atomic E-state index is -1.09. The summed E-state index contributed by atoms with van der Waals surface area (Å²) in [5.41, 5.74) is 4.93. The fourth-order valence-corrected chi connectivity index (χ4v) is 3.07. The Kier molecular flexibility index (Phi) is 5.20. The van der Waals surface area contributed by atoms with E-state index < -0.39 is 22.7 Å². The van der Waals surface area contributed by atoms with Crippen molar-refractivity contribution in [3.63, 3.8) is 0 Å². The van der Waals surface area contributed by atoms with Crippen molar-refractivity contribution >= 4 is 17.5 Å². The number of benzene rings is 1. The molecule has 1 aliphatic carbocycles. The zero-order valence-corrected chi connectivity index (χ0v) is 15.4. The summed E-state index contributed by atoms with van der Waals surface area (Å²) >= 11 is 0. The predicted octanol–water partition coefficient (Wildman–Crippen LogP) is 2.00. The third-order valence-corrected chi connectivity index (χ3v) is 5.10. The smallest absolute Gasteiger partial charge is 0.256 e. The average Bonchev–Trinajstić information content (AvgIpc) is 2.55. The number of nitrogens with zero attached hydrogens (tertiary/aromatic N) is 1. The van der Waals surface area contributed by atoms with Crippen LogP contribution in [0.2, 0.25) is 0 Å². The maximum absolute atomic E-state index is 13.9. The van der Waals surface area contributed by atoms with E-state index in [1.807, 2.05) is 20.8 Å². The molecule has 3 N–H and O–H groups in total. The van der Waals surface area contributed by atoms with Crippen LogP contribution in [0.15, 0.2) is 18.2 Å². The Hall–Kier alpha value is -1.99. The summed E-state index contributed by atoms with van der Waals surface area (Å²) in [5, 5.41) is 2.71. The third-order valence-electron chi connectivity index (χ3n) is 5.10. The summed E-state index contributed by atoms with van der Waals surface area (Å²) in [6.07, 6.45) is 0.317. The highest BCUT2D eigenvalue weighted by Gasteiger charge is 2.62. The van der Waals surface area contributed by atoms with E-state index in [0.29, 0.717) is 18.7 Å². The van der Waals surface area contributed by atoms with Gasteiger partial charge in [0.1, 0.15) is 11.4 Å². The summed E-state index contributed by atoms with van der Waals surface area (Å²) in [6, 6.07) is 3.89. The van der Waals surface area contributed by atoms with E-state index >= 15 is 0 Å². The van der Waals surface area contributed by atoms with Gasteiger partial charge in [-0.25, -0.2) is 4.39 Å². The molecule has 0 saturated heterocycles. The van der Waals surface area contributed by atoms with E-state index in [0.717, 1.165) is 6.07 Å². The molecule has 0 aliphatic heterocycles. The van der Waals surface area contributed by atoms with E-state index in [4.69, 9.17) is 10.5 Å². The van der Waals surface area contributed by atoms with E-state index in [-0.39, 0.29) is 17.6 Å². The van der Waals surface area contributed by atoms with Gasteiger partial charge in [-0.2, -0.15) is 0 Å². The SMILES string of the molecule is CCOC1CC(N)(C(=O)Nc2ccc(F)c(C(=O)N(C)C)c2)C1(C)C. The lowest BCUT2D eigenvalue weighted by molar-refractivity contribution is -0.166. The van der Waals surface area contributed by atoms with Crippen LogP contribution in [-0.4, -0.2) is 49.1 Å². The lowest BCUT2D eigenvalue weighted by Gasteiger charge is -2.57. The zero-order valence-electron chi connectivity index (χ0n) is 15.4. The van der Waals surface area contributed by atoms with Crippen molar-refractivity contribution in [2.45, 2.75) is 38.8 Å². The minimum Gasteiger partial charge on any atom is -0.378 e. The van der Waals surface area contributed by atoms with Gasteiger partial charge in [-0.05, 0) is 25.1 Å². The molecular formula is C18H26FN3O3. The molecule has 25 heavy (non-hydrogen) atoms. The monoisotopic (exact) mass is 351 g/mol. The van der Waals surface area contributed by atoms with Crippen LogP contribution < -0.4 is 11.1 Å². The molecule has 0 spiro atoms. The molecule has 0 heterocycles. The molecule has 0 radical (unpaired) electrons. The second-order valence-electron chi connectivity index (χ2n) is 7.19. The lowest BCUT2D eigenvalue weighted by Crippen LogP contribution is -2.74. The second-order valence-corrected chi connectivity index (χ2v) is 7.19. The zero-order chi connectivity index (χ0) is 19.0. The largest absolute Gasteiger partial charge is 0.378 e. The molecule has 2 amide bonds. The summed E-state index contributed by atoms with van der Waals surface area (Å²) in [5.74, 6) is -1.49. The van der Waals surface area contributed by atoms with Crippen molar-refractivity contribution in [1.82, 2.24) is 4.90 Å². The van der Waals surface area contributed by atoms with Crippen molar-refractivity contribution in [2.75, 3.05) is 26.0 Å². The normalized spacial score (nSPS) is 24.4. The standard InChI is InChI=1S/C18H26FN3O3/c1-6-25-14-10-18(20,17(14,2)3)16(24)21-11-7-8-13(19)12(9-11)15(23)22(4)5/h7-9,14H,6,10,20H2,1-5H3,(H,21,24). The fourth-order valence-electron chi connectivity index (χ4n) is 3.07. The number of anilines is 1. The van der Waals surface area contributed by atoms with Crippen LogP contribution in [0.5, 0.6) is 0 Å². The van der Waals surface area contributed by atoms with E-state index in [1.54, 1.807) is 0 Å². The number of rotatable bonds is 5. The fraction of sp³-hybridized carbons (Fsp3) is 0.556. The lowest BCUT2D eigenvalue weighted by atomic mass is 9.54. The number of carbonyl (C=O) groups excluding carboxylic acids is 2. The Morgan fingerprint density at radius 1 is 1.40 bits per heavy atom. The predicted molar refractivity (Wildman–Crippen MR) is 93.8 cm³/mol. The first kappa shape index (κ1) is 19.3. The molecule has 1 aliphatic rings. The molecule has 2 unspecified atom stereocenters. The van der Waals surface area contributed by atoms with Gasteiger partial charge in [0, 0.05) is 38.2 Å². The highest BCUT2D eigenvalue weighted by Crippen LogP contribution is 2.50. The van der Waals surface area contributed by atoms with Gasteiger partial charge in [-0.3, -0.25) is 9.59 Å². The first-order valence-electron chi connectivity index (χ1n) is 8.27. The van der Waals surface area contributed by atoms with Crippen LogP contribution in [0.3, 0.4) is 0 Å². The van der Waals surface area contributed by atoms with E-state index in [9.17, 15) is 14.0 Å². The number of halogens is 1. The number of nitrogens with two attached hydrogens (primary N) is 1. The van der Waals surface area contributed by atoms with Crippen molar-refractivity contribution in [2.24, 2.45) is 11.1 Å². The number of hydrogen-bond acceptors (Lipinski definition) is 4. The number of nitrogens with one attached hydrogen (secondary N) is 1. The van der Waals surface area contributed by atoms with Gasteiger partial charge in [-0.15, -0.1) is 0 Å². The summed E-state index contributed by atoms with van der Waals surface area (Å²) in [6.45, 7) is 6.23. The summed E-state index contributed by atoms with van der Waals surface area (Å²) in [7, 11) is 3.07. The van der Waals surface area contributed by atoms with Crippen LogP contribution in [0.25, 0.3) is 0 Å². The summed E-state index contributed by atoms with van der Waals surface area (Å²) < 4.78 is 19.5. The first-order chi connectivity index (χ1) is 11.5. The Morgan fingerprint density at radius 2 is 2.04 bits per heavy atom. The van der Waals surface area contributed by atoms with Crippen molar-refractivity contribution < 1.29 is 18.7 Å². The van der Waals surface area contributed by atoms with Gasteiger partial charge in [0.2, 0.25) is 5.91 Å². The van der Waals surface area contributed by atoms with Crippen LogP contribution >= 0.6 is 0 Å². The average molecular weight is 351 g/mol. The van der Waals surface area contributed by atoms with Gasteiger partial charge >= 0.3 is 0 Å². The maximum Gasteiger partial charge on any atom is 0.256 e. The molecule has 1 aromatic rings. The number of carbonyl (C=O) groups is 2. The molecule has 0 bridgehead atoms. The number of hydrogen-bond donors (Lipinski definition) is 2.